The third kappa shape index (κ3) is 4.31. The van der Waals surface area contributed by atoms with Crippen LogP contribution in [-0.2, 0) is 13.0 Å². The van der Waals surface area contributed by atoms with Crippen LogP contribution in [0.1, 0.15) is 27.0 Å². The van der Waals surface area contributed by atoms with Gasteiger partial charge >= 0.3 is 6.03 Å². The summed E-state index contributed by atoms with van der Waals surface area (Å²) in [5.74, 6) is -0.00433. The third-order valence-corrected chi connectivity index (χ3v) is 5.49. The van der Waals surface area contributed by atoms with Crippen molar-refractivity contribution in [3.8, 4) is 0 Å². The lowest BCUT2D eigenvalue weighted by Gasteiger charge is -2.18. The lowest BCUT2D eigenvalue weighted by molar-refractivity contribution is 0.0989. The van der Waals surface area contributed by atoms with Crippen LogP contribution in [0.25, 0.3) is 0 Å². The Bertz CT molecular complexity index is 1100. The smallest absolute Gasteiger partial charge is 0.319 e. The van der Waals surface area contributed by atoms with Crippen LogP contribution in [0.3, 0.4) is 0 Å². The van der Waals surface area contributed by atoms with Gasteiger partial charge in [0.1, 0.15) is 0 Å². The van der Waals surface area contributed by atoms with Gasteiger partial charge in [0, 0.05) is 24.3 Å². The molecule has 0 unspecified atom stereocenters. The van der Waals surface area contributed by atoms with E-state index in [9.17, 15) is 9.59 Å². The Balaban J connectivity index is 1.44. The number of rotatable bonds is 4. The SMILES string of the molecule is Cc1ccc(C(=O)N2CCc3ccc(CNC(=O)Nc4ccccc4Cl)cc32)cc1. The summed E-state index contributed by atoms with van der Waals surface area (Å²) in [4.78, 5) is 27.0. The number of benzene rings is 3. The highest BCUT2D eigenvalue weighted by Crippen LogP contribution is 2.30. The van der Waals surface area contributed by atoms with E-state index in [0.717, 1.165) is 28.8 Å². The van der Waals surface area contributed by atoms with Crippen molar-refractivity contribution in [3.05, 3.63) is 94.0 Å². The number of fused-ring (bicyclic) bond motifs is 1. The van der Waals surface area contributed by atoms with Crippen LogP contribution in [0.4, 0.5) is 16.2 Å². The van der Waals surface area contributed by atoms with Crippen LogP contribution >= 0.6 is 11.6 Å². The molecule has 1 aliphatic rings. The van der Waals surface area contributed by atoms with Gasteiger partial charge in [0.25, 0.3) is 5.91 Å². The van der Waals surface area contributed by atoms with Gasteiger partial charge in [-0.2, -0.15) is 0 Å². The zero-order chi connectivity index (χ0) is 21.1. The Labute approximate surface area is 180 Å². The summed E-state index contributed by atoms with van der Waals surface area (Å²) in [6.45, 7) is 3.00. The summed E-state index contributed by atoms with van der Waals surface area (Å²) in [6, 6.07) is 20.3. The van der Waals surface area contributed by atoms with Crippen molar-refractivity contribution in [3.63, 3.8) is 0 Å². The molecule has 4 rings (SSSR count). The Hall–Kier alpha value is -3.31. The molecule has 152 valence electrons. The monoisotopic (exact) mass is 419 g/mol. The van der Waals surface area contributed by atoms with Crippen molar-refractivity contribution in [2.24, 2.45) is 0 Å². The molecule has 0 aliphatic carbocycles. The third-order valence-electron chi connectivity index (χ3n) is 5.16. The van der Waals surface area contributed by atoms with Gasteiger partial charge in [-0.1, -0.05) is 53.6 Å². The molecular formula is C24H22ClN3O2. The molecule has 1 aliphatic heterocycles. The Morgan fingerprint density at radius 2 is 1.80 bits per heavy atom. The predicted octanol–water partition coefficient (Wildman–Crippen LogP) is 5.17. The molecule has 1 heterocycles. The molecule has 0 atom stereocenters. The number of aryl methyl sites for hydroxylation is 1. The molecule has 2 N–H and O–H groups in total. The maximum atomic E-state index is 13.0. The van der Waals surface area contributed by atoms with Gasteiger partial charge in [-0.3, -0.25) is 4.79 Å². The van der Waals surface area contributed by atoms with Crippen LogP contribution in [0.2, 0.25) is 5.02 Å². The molecule has 0 aromatic heterocycles. The van der Waals surface area contributed by atoms with Crippen molar-refractivity contribution in [1.29, 1.82) is 0 Å². The number of nitrogens with one attached hydrogen (secondary N) is 2. The fourth-order valence-corrected chi connectivity index (χ4v) is 3.69. The first-order valence-electron chi connectivity index (χ1n) is 9.81. The summed E-state index contributed by atoms with van der Waals surface area (Å²) in [7, 11) is 0. The van der Waals surface area contributed by atoms with Crippen LogP contribution < -0.4 is 15.5 Å². The molecule has 5 nitrogen and oxygen atoms in total. The lowest BCUT2D eigenvalue weighted by atomic mass is 10.1. The molecule has 0 radical (unpaired) electrons. The molecule has 0 saturated carbocycles. The Kier molecular flexibility index (Phi) is 5.72. The zero-order valence-corrected chi connectivity index (χ0v) is 17.4. The predicted molar refractivity (Wildman–Crippen MR) is 120 cm³/mol. The van der Waals surface area contributed by atoms with Crippen molar-refractivity contribution in [2.75, 3.05) is 16.8 Å². The van der Waals surface area contributed by atoms with Gasteiger partial charge in [-0.05, 0) is 54.8 Å². The second-order valence-electron chi connectivity index (χ2n) is 7.32. The molecule has 6 heteroatoms. The fraction of sp³-hybridized carbons (Fsp3) is 0.167. The number of urea groups is 1. The highest BCUT2D eigenvalue weighted by molar-refractivity contribution is 6.33. The first-order chi connectivity index (χ1) is 14.5. The maximum Gasteiger partial charge on any atom is 0.319 e. The largest absolute Gasteiger partial charge is 0.334 e. The number of hydrogen-bond donors (Lipinski definition) is 2. The van der Waals surface area contributed by atoms with Crippen molar-refractivity contribution in [2.45, 2.75) is 19.9 Å². The van der Waals surface area contributed by atoms with E-state index in [2.05, 4.69) is 10.6 Å². The molecular weight excluding hydrogens is 398 g/mol. The maximum absolute atomic E-state index is 13.0. The second kappa shape index (κ2) is 8.59. The van der Waals surface area contributed by atoms with E-state index in [1.165, 1.54) is 0 Å². The fourth-order valence-electron chi connectivity index (χ4n) is 3.51. The van der Waals surface area contributed by atoms with E-state index in [1.54, 1.807) is 18.2 Å². The van der Waals surface area contributed by atoms with Gasteiger partial charge in [-0.15, -0.1) is 0 Å². The van der Waals surface area contributed by atoms with Crippen LogP contribution in [0.5, 0.6) is 0 Å². The van der Waals surface area contributed by atoms with E-state index in [-0.39, 0.29) is 11.9 Å². The topological polar surface area (TPSA) is 61.4 Å². The van der Waals surface area contributed by atoms with E-state index < -0.39 is 0 Å². The molecule has 0 spiro atoms. The molecule has 3 aromatic carbocycles. The molecule has 30 heavy (non-hydrogen) atoms. The van der Waals surface area contributed by atoms with Gasteiger partial charge in [0.15, 0.2) is 0 Å². The molecule has 0 fully saturated rings. The summed E-state index contributed by atoms with van der Waals surface area (Å²) in [6.07, 6.45) is 0.827. The van der Waals surface area contributed by atoms with Crippen molar-refractivity contribution in [1.82, 2.24) is 5.32 Å². The van der Waals surface area contributed by atoms with E-state index in [1.807, 2.05) is 60.4 Å². The lowest BCUT2D eigenvalue weighted by Crippen LogP contribution is -2.29. The summed E-state index contributed by atoms with van der Waals surface area (Å²) < 4.78 is 0. The molecule has 0 saturated heterocycles. The summed E-state index contributed by atoms with van der Waals surface area (Å²) in [5, 5.41) is 6.06. The van der Waals surface area contributed by atoms with Crippen LogP contribution in [-0.4, -0.2) is 18.5 Å². The quantitative estimate of drug-likeness (QED) is 0.612. The Morgan fingerprint density at radius 3 is 2.57 bits per heavy atom. The summed E-state index contributed by atoms with van der Waals surface area (Å²) >= 11 is 6.07. The second-order valence-corrected chi connectivity index (χ2v) is 7.73. The number of carbonyl (C=O) groups is 2. The molecule has 0 bridgehead atoms. The minimum atomic E-state index is -0.337. The molecule has 3 aromatic rings. The number of carbonyl (C=O) groups excluding carboxylic acids is 2. The minimum absolute atomic E-state index is 0.00433. The van der Waals surface area contributed by atoms with Gasteiger partial charge in [-0.25, -0.2) is 4.79 Å². The summed E-state index contributed by atoms with van der Waals surface area (Å²) in [5.41, 5.74) is 5.33. The van der Waals surface area contributed by atoms with Crippen LogP contribution in [0, 0.1) is 6.92 Å². The van der Waals surface area contributed by atoms with Crippen LogP contribution in [0.15, 0.2) is 66.7 Å². The van der Waals surface area contributed by atoms with Gasteiger partial charge in [0.05, 0.1) is 10.7 Å². The van der Waals surface area contributed by atoms with Crippen molar-refractivity contribution >= 4 is 34.9 Å². The standard InChI is InChI=1S/C24H22ClN3O2/c1-16-6-9-19(10-7-16)23(29)28-13-12-18-11-8-17(14-22(18)28)15-26-24(30)27-21-5-3-2-4-20(21)25/h2-11,14H,12-13,15H2,1H3,(H2,26,27,30). The number of hydrogen-bond acceptors (Lipinski definition) is 2. The first-order valence-corrected chi connectivity index (χ1v) is 10.2. The number of amides is 3. The number of nitrogens with zero attached hydrogens (tertiary/aromatic N) is 1. The minimum Gasteiger partial charge on any atom is -0.334 e. The van der Waals surface area contributed by atoms with E-state index >= 15 is 0 Å². The average molecular weight is 420 g/mol. The first kappa shape index (κ1) is 20.0. The number of halogens is 1. The Morgan fingerprint density at radius 1 is 1.03 bits per heavy atom. The van der Waals surface area contributed by atoms with Gasteiger partial charge in [0.2, 0.25) is 0 Å². The van der Waals surface area contributed by atoms with E-state index in [4.69, 9.17) is 11.6 Å². The van der Waals surface area contributed by atoms with Gasteiger partial charge < -0.3 is 15.5 Å². The highest BCUT2D eigenvalue weighted by Gasteiger charge is 2.25. The molecule has 3 amide bonds. The highest BCUT2D eigenvalue weighted by atomic mass is 35.5. The van der Waals surface area contributed by atoms with E-state index in [0.29, 0.717) is 29.4 Å². The normalized spacial score (nSPS) is 12.4. The van der Waals surface area contributed by atoms with Crippen molar-refractivity contribution < 1.29 is 9.59 Å². The average Bonchev–Trinajstić information content (AvgIpc) is 3.17. The zero-order valence-electron chi connectivity index (χ0n) is 16.6. The number of anilines is 2. The number of para-hydroxylation sites is 1.